The molecule has 4 rings (SSSR count). The van der Waals surface area contributed by atoms with Crippen molar-refractivity contribution < 1.29 is 27.5 Å². The van der Waals surface area contributed by atoms with Gasteiger partial charge in [-0.15, -0.1) is 0 Å². The Balaban J connectivity index is 1.77. The van der Waals surface area contributed by atoms with E-state index in [1.165, 1.54) is 0 Å². The largest absolute Gasteiger partial charge is 0.465 e. The molecule has 0 aromatic heterocycles. The Morgan fingerprint density at radius 3 is 2.27 bits per heavy atom. The molecule has 3 aliphatic carbocycles. The van der Waals surface area contributed by atoms with Crippen LogP contribution in [0.5, 0.6) is 0 Å². The average Bonchev–Trinajstić information content (AvgIpc) is 3.36. The zero-order valence-electron chi connectivity index (χ0n) is 17.5. The van der Waals surface area contributed by atoms with E-state index in [0.29, 0.717) is 35.5 Å². The molecule has 0 saturated heterocycles. The standard InChI is InChI=1S/C23H28O6S/c1-3-28-20(24)23(21(25)29-4-2)14-16-10-11-18-19(12-13-22(16,18)15-23)30(26,27)17-8-6-5-7-9-17/h5-9,16H,3-4,10-15H2,1-2H3. The number of rotatable bonds is 6. The van der Waals surface area contributed by atoms with Crippen LogP contribution in [0.4, 0.5) is 0 Å². The van der Waals surface area contributed by atoms with Crippen LogP contribution in [0.3, 0.4) is 0 Å². The van der Waals surface area contributed by atoms with Gasteiger partial charge in [-0.25, -0.2) is 8.42 Å². The van der Waals surface area contributed by atoms with Crippen molar-refractivity contribution in [3.63, 3.8) is 0 Å². The molecule has 0 aliphatic heterocycles. The third kappa shape index (κ3) is 2.93. The van der Waals surface area contributed by atoms with Gasteiger partial charge in [0.25, 0.3) is 0 Å². The van der Waals surface area contributed by atoms with Crippen molar-refractivity contribution >= 4 is 21.8 Å². The van der Waals surface area contributed by atoms with Crippen molar-refractivity contribution in [2.45, 2.75) is 57.3 Å². The van der Waals surface area contributed by atoms with Crippen LogP contribution in [-0.4, -0.2) is 33.6 Å². The van der Waals surface area contributed by atoms with Gasteiger partial charge in [-0.1, -0.05) is 18.2 Å². The number of hydrogen-bond donors (Lipinski definition) is 0. The molecule has 162 valence electrons. The summed E-state index contributed by atoms with van der Waals surface area (Å²) in [7, 11) is -3.59. The van der Waals surface area contributed by atoms with E-state index in [-0.39, 0.29) is 25.6 Å². The maximum Gasteiger partial charge on any atom is 0.323 e. The molecule has 6 nitrogen and oxygen atoms in total. The predicted octanol–water partition coefficient (Wildman–Crippen LogP) is 3.81. The summed E-state index contributed by atoms with van der Waals surface area (Å²) < 4.78 is 37.3. The molecule has 30 heavy (non-hydrogen) atoms. The quantitative estimate of drug-likeness (QED) is 0.502. The number of esters is 2. The summed E-state index contributed by atoms with van der Waals surface area (Å²) in [5.74, 6) is -0.985. The molecule has 0 radical (unpaired) electrons. The topological polar surface area (TPSA) is 86.7 Å². The Morgan fingerprint density at radius 1 is 1.03 bits per heavy atom. The van der Waals surface area contributed by atoms with Crippen molar-refractivity contribution in [3.8, 4) is 0 Å². The maximum absolute atomic E-state index is 13.4. The fraction of sp³-hybridized carbons (Fsp3) is 0.565. The molecule has 2 unspecified atom stereocenters. The molecule has 3 aliphatic rings. The minimum atomic E-state index is -3.59. The summed E-state index contributed by atoms with van der Waals surface area (Å²) in [6, 6.07) is 8.49. The van der Waals surface area contributed by atoms with Crippen molar-refractivity contribution in [1.82, 2.24) is 0 Å². The van der Waals surface area contributed by atoms with Crippen molar-refractivity contribution in [3.05, 3.63) is 40.8 Å². The number of hydrogen-bond acceptors (Lipinski definition) is 6. The highest BCUT2D eigenvalue weighted by Gasteiger charge is 2.67. The van der Waals surface area contributed by atoms with E-state index < -0.39 is 32.6 Å². The molecular weight excluding hydrogens is 404 g/mol. The maximum atomic E-state index is 13.4. The van der Waals surface area contributed by atoms with Gasteiger partial charge in [0.05, 0.1) is 18.1 Å². The van der Waals surface area contributed by atoms with Crippen LogP contribution in [0.25, 0.3) is 0 Å². The Kier molecular flexibility index (Phi) is 5.29. The molecule has 1 aromatic carbocycles. The van der Waals surface area contributed by atoms with Gasteiger partial charge < -0.3 is 9.47 Å². The van der Waals surface area contributed by atoms with E-state index in [9.17, 15) is 18.0 Å². The lowest BCUT2D eigenvalue weighted by atomic mass is 9.75. The first-order chi connectivity index (χ1) is 14.3. The normalized spacial score (nSPS) is 26.9. The van der Waals surface area contributed by atoms with Crippen LogP contribution < -0.4 is 0 Å². The first kappa shape index (κ1) is 21.1. The fourth-order valence-electron chi connectivity index (χ4n) is 5.99. The summed E-state index contributed by atoms with van der Waals surface area (Å²) in [6.07, 6.45) is 3.23. The monoisotopic (exact) mass is 432 g/mol. The van der Waals surface area contributed by atoms with Crippen LogP contribution in [0, 0.1) is 16.7 Å². The zero-order valence-corrected chi connectivity index (χ0v) is 18.3. The van der Waals surface area contributed by atoms with Gasteiger partial charge in [-0.3, -0.25) is 9.59 Å². The van der Waals surface area contributed by atoms with E-state index in [1.54, 1.807) is 44.2 Å². The van der Waals surface area contributed by atoms with Crippen LogP contribution >= 0.6 is 0 Å². The van der Waals surface area contributed by atoms with Gasteiger partial charge in [-0.2, -0.15) is 0 Å². The first-order valence-electron chi connectivity index (χ1n) is 10.7. The van der Waals surface area contributed by atoms with Gasteiger partial charge in [0.2, 0.25) is 9.84 Å². The predicted molar refractivity (Wildman–Crippen MR) is 110 cm³/mol. The lowest BCUT2D eigenvalue weighted by molar-refractivity contribution is -0.172. The minimum Gasteiger partial charge on any atom is -0.465 e. The van der Waals surface area contributed by atoms with Crippen LogP contribution in [0.1, 0.15) is 52.4 Å². The Hall–Kier alpha value is -2.15. The molecule has 0 bridgehead atoms. The van der Waals surface area contributed by atoms with Crippen LogP contribution in [0.15, 0.2) is 45.7 Å². The number of ether oxygens (including phenoxy) is 2. The van der Waals surface area contributed by atoms with Gasteiger partial charge >= 0.3 is 11.9 Å². The van der Waals surface area contributed by atoms with Gasteiger partial charge in [0.15, 0.2) is 5.41 Å². The van der Waals surface area contributed by atoms with Gasteiger partial charge in [-0.05, 0) is 81.4 Å². The van der Waals surface area contributed by atoms with E-state index in [4.69, 9.17) is 9.47 Å². The lowest BCUT2D eigenvalue weighted by Crippen LogP contribution is -2.41. The number of carbonyl (C=O) groups excluding carboxylic acids is 2. The molecule has 0 N–H and O–H groups in total. The highest BCUT2D eigenvalue weighted by Crippen LogP contribution is 2.69. The van der Waals surface area contributed by atoms with E-state index >= 15 is 0 Å². The summed E-state index contributed by atoms with van der Waals surface area (Å²) in [4.78, 5) is 26.7. The molecule has 2 fully saturated rings. The number of allylic oxidation sites excluding steroid dienone is 2. The molecule has 0 amide bonds. The Labute approximate surface area is 177 Å². The summed E-state index contributed by atoms with van der Waals surface area (Å²) in [5.41, 5.74) is -0.850. The molecule has 1 spiro atoms. The highest BCUT2D eigenvalue weighted by atomic mass is 32.2. The molecule has 2 atom stereocenters. The van der Waals surface area contributed by atoms with E-state index in [0.717, 1.165) is 12.0 Å². The van der Waals surface area contributed by atoms with Crippen LogP contribution in [0.2, 0.25) is 0 Å². The second-order valence-electron chi connectivity index (χ2n) is 8.51. The molecule has 1 aromatic rings. The smallest absolute Gasteiger partial charge is 0.323 e. The number of benzene rings is 1. The summed E-state index contributed by atoms with van der Waals surface area (Å²) in [6.45, 7) is 3.81. The minimum absolute atomic E-state index is 0.0878. The third-order valence-electron chi connectivity index (χ3n) is 7.18. The molecular formula is C23H28O6S. The lowest BCUT2D eigenvalue weighted by Gasteiger charge is -2.29. The fourth-order valence-corrected chi connectivity index (χ4v) is 7.79. The average molecular weight is 433 g/mol. The third-order valence-corrected chi connectivity index (χ3v) is 9.17. The molecule has 2 saturated carbocycles. The molecule has 7 heteroatoms. The molecule has 0 heterocycles. The highest BCUT2D eigenvalue weighted by molar-refractivity contribution is 7.95. The number of sulfone groups is 1. The van der Waals surface area contributed by atoms with Gasteiger partial charge in [0, 0.05) is 4.91 Å². The number of carbonyl (C=O) groups is 2. The zero-order chi connectivity index (χ0) is 21.6. The Morgan fingerprint density at radius 2 is 1.67 bits per heavy atom. The second-order valence-corrected chi connectivity index (χ2v) is 10.5. The first-order valence-corrected chi connectivity index (χ1v) is 12.2. The summed E-state index contributed by atoms with van der Waals surface area (Å²) >= 11 is 0. The summed E-state index contributed by atoms with van der Waals surface area (Å²) in [5, 5.41) is 0. The van der Waals surface area contributed by atoms with E-state index in [1.807, 2.05) is 0 Å². The Bertz CT molecular complexity index is 976. The van der Waals surface area contributed by atoms with Crippen molar-refractivity contribution in [2.75, 3.05) is 13.2 Å². The second kappa shape index (κ2) is 7.52. The van der Waals surface area contributed by atoms with Crippen molar-refractivity contribution in [1.29, 1.82) is 0 Å². The van der Waals surface area contributed by atoms with Crippen LogP contribution in [-0.2, 0) is 28.9 Å². The van der Waals surface area contributed by atoms with Gasteiger partial charge in [0.1, 0.15) is 0 Å². The van der Waals surface area contributed by atoms with Crippen molar-refractivity contribution in [2.24, 2.45) is 16.7 Å². The van der Waals surface area contributed by atoms with E-state index in [2.05, 4.69) is 0 Å². The SMILES string of the molecule is CCOC(=O)C1(C(=O)OCC)CC2CCC3=C(S(=O)(=O)c4ccccc4)CCC32C1.